The molecule has 0 bridgehead atoms. The molecule has 0 atom stereocenters. The van der Waals surface area contributed by atoms with Gasteiger partial charge in [0, 0.05) is 36.8 Å². The van der Waals surface area contributed by atoms with Crippen molar-refractivity contribution in [2.45, 2.75) is 6.92 Å². The van der Waals surface area contributed by atoms with E-state index in [1.807, 2.05) is 30.5 Å². The zero-order valence-corrected chi connectivity index (χ0v) is 9.03. The maximum atomic E-state index is 10.7. The molecule has 0 aliphatic rings. The molecule has 16 heavy (non-hydrogen) atoms. The Morgan fingerprint density at radius 1 is 1.62 bits per heavy atom. The van der Waals surface area contributed by atoms with Gasteiger partial charge in [-0.05, 0) is 12.1 Å². The van der Waals surface area contributed by atoms with Crippen LogP contribution in [0.15, 0.2) is 30.6 Å². The number of carbonyl (C=O) groups excluding carboxylic acids is 1. The molecule has 0 spiro atoms. The van der Waals surface area contributed by atoms with Crippen molar-refractivity contribution in [3.8, 4) is 0 Å². The zero-order chi connectivity index (χ0) is 11.4. The van der Waals surface area contributed by atoms with E-state index in [4.69, 9.17) is 0 Å². The van der Waals surface area contributed by atoms with Gasteiger partial charge >= 0.3 is 0 Å². The van der Waals surface area contributed by atoms with Crippen molar-refractivity contribution >= 4 is 23.0 Å². The van der Waals surface area contributed by atoms with E-state index in [0.29, 0.717) is 6.54 Å². The lowest BCUT2D eigenvalue weighted by Crippen LogP contribution is -2.19. The number of rotatable bonds is 3. The molecule has 0 aliphatic carbocycles. The van der Waals surface area contributed by atoms with Crippen LogP contribution < -0.4 is 5.32 Å². The van der Waals surface area contributed by atoms with Gasteiger partial charge in [-0.15, -0.1) is 0 Å². The Morgan fingerprint density at radius 3 is 3.31 bits per heavy atom. The molecule has 0 unspecified atom stereocenters. The monoisotopic (exact) mass is 215 g/mol. The normalized spacial score (nSPS) is 11.1. The summed E-state index contributed by atoms with van der Waals surface area (Å²) in [7, 11) is 0. The third-order valence-electron chi connectivity index (χ3n) is 2.25. The minimum Gasteiger partial charge on any atom is -0.353 e. The first-order chi connectivity index (χ1) is 7.77. The Hall–Kier alpha value is -2.10. The van der Waals surface area contributed by atoms with Crippen LogP contribution in [0.3, 0.4) is 0 Å². The number of nitrogens with zero attached hydrogens (tertiary/aromatic N) is 1. The number of hydrogen-bond donors (Lipinski definition) is 2. The predicted molar refractivity (Wildman–Crippen MR) is 63.8 cm³/mol. The fourth-order valence-electron chi connectivity index (χ4n) is 1.50. The van der Waals surface area contributed by atoms with Crippen molar-refractivity contribution in [1.29, 1.82) is 0 Å². The summed E-state index contributed by atoms with van der Waals surface area (Å²) in [5, 5.41) is 3.79. The van der Waals surface area contributed by atoms with Crippen molar-refractivity contribution in [3.05, 3.63) is 36.2 Å². The van der Waals surface area contributed by atoms with E-state index < -0.39 is 0 Å². The van der Waals surface area contributed by atoms with Gasteiger partial charge in [-0.2, -0.15) is 0 Å². The molecule has 2 heterocycles. The summed E-state index contributed by atoms with van der Waals surface area (Å²) in [5.74, 6) is -0.0229. The minimum atomic E-state index is -0.0229. The first-order valence-corrected chi connectivity index (χ1v) is 5.10. The van der Waals surface area contributed by atoms with Crippen LogP contribution in [-0.2, 0) is 4.79 Å². The topological polar surface area (TPSA) is 57.8 Å². The summed E-state index contributed by atoms with van der Waals surface area (Å²) >= 11 is 0. The van der Waals surface area contributed by atoms with Crippen LogP contribution >= 0.6 is 0 Å². The van der Waals surface area contributed by atoms with Crippen molar-refractivity contribution in [3.63, 3.8) is 0 Å². The number of carbonyl (C=O) groups is 1. The summed E-state index contributed by atoms with van der Waals surface area (Å²) in [6, 6.07) is 3.91. The molecule has 2 N–H and O–H groups in total. The number of pyridine rings is 1. The Balaban J connectivity index is 2.12. The molecule has 0 saturated heterocycles. The second-order valence-corrected chi connectivity index (χ2v) is 3.48. The highest BCUT2D eigenvalue weighted by Gasteiger charge is 1.99. The van der Waals surface area contributed by atoms with Crippen molar-refractivity contribution in [2.24, 2.45) is 0 Å². The molecule has 1 amide bonds. The molecular weight excluding hydrogens is 202 g/mol. The number of H-pyrrole nitrogens is 1. The SMILES string of the molecule is CC(=O)NCC=Cc1c[nH]c2ncccc12. The van der Waals surface area contributed by atoms with Gasteiger partial charge in [0.1, 0.15) is 5.65 Å². The van der Waals surface area contributed by atoms with Gasteiger partial charge in [-0.1, -0.05) is 12.2 Å². The highest BCUT2D eigenvalue weighted by Crippen LogP contribution is 2.16. The lowest BCUT2D eigenvalue weighted by Gasteiger charge is -1.94. The molecule has 2 aromatic rings. The molecule has 4 heteroatoms. The van der Waals surface area contributed by atoms with Gasteiger partial charge in [-0.25, -0.2) is 4.98 Å². The number of fused-ring (bicyclic) bond motifs is 1. The van der Waals surface area contributed by atoms with E-state index in [0.717, 1.165) is 16.6 Å². The molecule has 82 valence electrons. The third kappa shape index (κ3) is 2.28. The van der Waals surface area contributed by atoms with Crippen LogP contribution in [0.1, 0.15) is 12.5 Å². The molecule has 0 fully saturated rings. The molecular formula is C12H13N3O. The Bertz CT molecular complexity index is 528. The second kappa shape index (κ2) is 4.61. The molecule has 0 saturated carbocycles. The van der Waals surface area contributed by atoms with Gasteiger partial charge in [0.15, 0.2) is 0 Å². The standard InChI is InChI=1S/C12H13N3O/c1-9(16)13-6-2-4-10-8-15-12-11(10)5-3-7-14-12/h2-5,7-8H,6H2,1H3,(H,13,16)(H,14,15). The number of amides is 1. The number of nitrogens with one attached hydrogen (secondary N) is 2. The lowest BCUT2D eigenvalue weighted by molar-refractivity contribution is -0.118. The fourth-order valence-corrected chi connectivity index (χ4v) is 1.50. The third-order valence-corrected chi connectivity index (χ3v) is 2.25. The summed E-state index contributed by atoms with van der Waals surface area (Å²) in [6.45, 7) is 2.05. The largest absolute Gasteiger partial charge is 0.353 e. The Labute approximate surface area is 93.4 Å². The Morgan fingerprint density at radius 2 is 2.50 bits per heavy atom. The number of hydrogen-bond acceptors (Lipinski definition) is 2. The first-order valence-electron chi connectivity index (χ1n) is 5.10. The highest BCUT2D eigenvalue weighted by atomic mass is 16.1. The number of aromatic amines is 1. The average molecular weight is 215 g/mol. The van der Waals surface area contributed by atoms with Crippen LogP contribution in [-0.4, -0.2) is 22.4 Å². The maximum Gasteiger partial charge on any atom is 0.217 e. The summed E-state index contributed by atoms with van der Waals surface area (Å²) in [4.78, 5) is 17.9. The molecule has 2 rings (SSSR count). The van der Waals surface area contributed by atoms with Crippen LogP contribution in [0.5, 0.6) is 0 Å². The van der Waals surface area contributed by atoms with Crippen molar-refractivity contribution in [1.82, 2.24) is 15.3 Å². The van der Waals surface area contributed by atoms with E-state index in [2.05, 4.69) is 15.3 Å². The van der Waals surface area contributed by atoms with Crippen molar-refractivity contribution < 1.29 is 4.79 Å². The van der Waals surface area contributed by atoms with Crippen LogP contribution in [0.4, 0.5) is 0 Å². The molecule has 4 nitrogen and oxygen atoms in total. The summed E-state index contributed by atoms with van der Waals surface area (Å²) < 4.78 is 0. The molecule has 2 aromatic heterocycles. The van der Waals surface area contributed by atoms with Crippen molar-refractivity contribution in [2.75, 3.05) is 6.54 Å². The second-order valence-electron chi connectivity index (χ2n) is 3.48. The van der Waals surface area contributed by atoms with E-state index in [1.54, 1.807) is 6.20 Å². The average Bonchev–Trinajstić information content (AvgIpc) is 2.68. The smallest absolute Gasteiger partial charge is 0.217 e. The van der Waals surface area contributed by atoms with Gasteiger partial charge in [0.2, 0.25) is 5.91 Å². The molecule has 0 aliphatic heterocycles. The summed E-state index contributed by atoms with van der Waals surface area (Å²) in [6.07, 6.45) is 7.54. The van der Waals surface area contributed by atoms with E-state index in [-0.39, 0.29) is 5.91 Å². The summed E-state index contributed by atoms with van der Waals surface area (Å²) in [5.41, 5.74) is 1.95. The van der Waals surface area contributed by atoms with Gasteiger partial charge in [-0.3, -0.25) is 4.79 Å². The van der Waals surface area contributed by atoms with Gasteiger partial charge < -0.3 is 10.3 Å². The molecule has 0 aromatic carbocycles. The quantitative estimate of drug-likeness (QED) is 0.818. The predicted octanol–water partition coefficient (Wildman–Crippen LogP) is 1.71. The van der Waals surface area contributed by atoms with Crippen LogP contribution in [0.2, 0.25) is 0 Å². The van der Waals surface area contributed by atoms with Gasteiger partial charge in [0.25, 0.3) is 0 Å². The maximum absolute atomic E-state index is 10.7. The van der Waals surface area contributed by atoms with Gasteiger partial charge in [0.05, 0.1) is 0 Å². The van der Waals surface area contributed by atoms with Crippen LogP contribution in [0.25, 0.3) is 17.1 Å². The van der Waals surface area contributed by atoms with E-state index in [9.17, 15) is 4.79 Å². The number of aromatic nitrogens is 2. The highest BCUT2D eigenvalue weighted by molar-refractivity contribution is 5.86. The van der Waals surface area contributed by atoms with E-state index >= 15 is 0 Å². The first kappa shape index (κ1) is 10.4. The molecule has 0 radical (unpaired) electrons. The van der Waals surface area contributed by atoms with E-state index in [1.165, 1.54) is 6.92 Å². The zero-order valence-electron chi connectivity index (χ0n) is 9.03. The fraction of sp³-hybridized carbons (Fsp3) is 0.167. The minimum absolute atomic E-state index is 0.0229. The Kier molecular flexibility index (Phi) is 3.00. The lowest BCUT2D eigenvalue weighted by atomic mass is 10.2. The van der Waals surface area contributed by atoms with Crippen LogP contribution in [0, 0.1) is 0 Å².